The Morgan fingerprint density at radius 2 is 1.58 bits per heavy atom. The summed E-state index contributed by atoms with van der Waals surface area (Å²) in [6.45, 7) is 0. The van der Waals surface area contributed by atoms with Crippen LogP contribution in [-0.2, 0) is 25.6 Å². The molecule has 0 aliphatic heterocycles. The van der Waals surface area contributed by atoms with Crippen LogP contribution in [0.15, 0.2) is 47.6 Å². The van der Waals surface area contributed by atoms with Gasteiger partial charge in [0.1, 0.15) is 30.4 Å². The Kier molecular flexibility index (Phi) is 9.69. The molecule has 9 nitrogen and oxygen atoms in total. The van der Waals surface area contributed by atoms with E-state index in [1.54, 1.807) is 21.3 Å². The van der Waals surface area contributed by atoms with E-state index >= 15 is 0 Å². The fourth-order valence-corrected chi connectivity index (χ4v) is 4.58. The highest BCUT2D eigenvalue weighted by molar-refractivity contribution is 6.39. The lowest BCUT2D eigenvalue weighted by Gasteiger charge is -2.28. The first-order valence-corrected chi connectivity index (χ1v) is 11.9. The molecule has 0 aromatic heterocycles. The molecule has 0 radical (unpaired) electrons. The number of ether oxygens (including phenoxy) is 3. The second-order valence-corrected chi connectivity index (χ2v) is 8.67. The number of methoxy groups -OCH3 is 3. The summed E-state index contributed by atoms with van der Waals surface area (Å²) in [6, 6.07) is 11.8. The van der Waals surface area contributed by atoms with Crippen LogP contribution in [0.5, 0.6) is 11.5 Å². The molecule has 3 rings (SSSR count). The molecule has 1 fully saturated rings. The van der Waals surface area contributed by atoms with Crippen molar-refractivity contribution >= 4 is 17.6 Å². The molecule has 2 aromatic carbocycles. The van der Waals surface area contributed by atoms with Gasteiger partial charge in [0.05, 0.1) is 25.9 Å². The van der Waals surface area contributed by atoms with Gasteiger partial charge < -0.3 is 29.5 Å². The fraction of sp³-hybridized carbons (Fsp3) is 0.444. The van der Waals surface area contributed by atoms with Crippen LogP contribution in [0.1, 0.15) is 31.2 Å². The van der Waals surface area contributed by atoms with Gasteiger partial charge in [-0.2, -0.15) is 0 Å². The minimum atomic E-state index is -1.13. The number of hydrogen-bond donors (Lipinski definition) is 2. The number of carboxylic acids is 1. The van der Waals surface area contributed by atoms with Crippen LogP contribution in [0.25, 0.3) is 11.1 Å². The molecule has 1 amide bonds. The summed E-state index contributed by atoms with van der Waals surface area (Å²) in [4.78, 5) is 29.9. The first-order valence-electron chi connectivity index (χ1n) is 11.9. The molecular weight excluding hydrogens is 464 g/mol. The van der Waals surface area contributed by atoms with Crippen molar-refractivity contribution in [1.82, 2.24) is 5.32 Å². The van der Waals surface area contributed by atoms with E-state index in [1.807, 2.05) is 42.5 Å². The number of nitrogens with zero attached hydrogens (tertiary/aromatic N) is 1. The summed E-state index contributed by atoms with van der Waals surface area (Å²) in [7, 11) is 6.24. The standard InChI is InChI=1S/C27H34N2O7/c1-33-20-14-12-19(13-15-20)25(29-36-4)26(30)28-21(27(31)32)16-17-8-10-18(11-9-17)24-22(34-2)6-5-7-23(24)35-3/h5-11,19-21H,12-16H2,1-4H3,(H,28,30)(H,31,32)/t19?,20?,21-/m0/s1. The fourth-order valence-electron chi connectivity index (χ4n) is 4.58. The molecule has 0 spiro atoms. The Balaban J connectivity index is 1.73. The van der Waals surface area contributed by atoms with Gasteiger partial charge in [-0.25, -0.2) is 4.79 Å². The maximum absolute atomic E-state index is 13.0. The maximum Gasteiger partial charge on any atom is 0.326 e. The average Bonchev–Trinajstić information content (AvgIpc) is 2.91. The summed E-state index contributed by atoms with van der Waals surface area (Å²) in [5, 5.41) is 16.4. The molecule has 0 unspecified atom stereocenters. The number of rotatable bonds is 11. The molecule has 1 aliphatic rings. The molecule has 1 saturated carbocycles. The van der Waals surface area contributed by atoms with Gasteiger partial charge in [0.25, 0.3) is 5.91 Å². The van der Waals surface area contributed by atoms with Gasteiger partial charge in [-0.15, -0.1) is 0 Å². The van der Waals surface area contributed by atoms with Crippen molar-refractivity contribution in [2.24, 2.45) is 11.1 Å². The largest absolute Gasteiger partial charge is 0.496 e. The minimum absolute atomic E-state index is 0.110. The van der Waals surface area contributed by atoms with E-state index < -0.39 is 17.9 Å². The van der Waals surface area contributed by atoms with Gasteiger partial charge in [-0.3, -0.25) is 4.79 Å². The van der Waals surface area contributed by atoms with Gasteiger partial charge in [-0.1, -0.05) is 35.5 Å². The van der Waals surface area contributed by atoms with E-state index in [9.17, 15) is 14.7 Å². The maximum atomic E-state index is 13.0. The number of nitrogens with one attached hydrogen (secondary N) is 1. The third-order valence-corrected chi connectivity index (χ3v) is 6.53. The third-order valence-electron chi connectivity index (χ3n) is 6.53. The van der Waals surface area contributed by atoms with Crippen molar-refractivity contribution in [1.29, 1.82) is 0 Å². The molecule has 1 aliphatic carbocycles. The van der Waals surface area contributed by atoms with Crippen molar-refractivity contribution in [3.63, 3.8) is 0 Å². The van der Waals surface area contributed by atoms with E-state index in [-0.39, 0.29) is 24.2 Å². The molecule has 36 heavy (non-hydrogen) atoms. The number of hydrogen-bond acceptors (Lipinski definition) is 7. The monoisotopic (exact) mass is 498 g/mol. The normalized spacial score (nSPS) is 18.7. The average molecular weight is 499 g/mol. The molecule has 1 atom stereocenters. The predicted molar refractivity (Wildman–Crippen MR) is 135 cm³/mol. The summed E-state index contributed by atoms with van der Waals surface area (Å²) in [5.41, 5.74) is 2.65. The van der Waals surface area contributed by atoms with Crippen molar-refractivity contribution < 1.29 is 33.7 Å². The number of benzene rings is 2. The molecule has 2 aromatic rings. The number of oxime groups is 1. The Labute approximate surface area is 211 Å². The van der Waals surface area contributed by atoms with Crippen LogP contribution in [0, 0.1) is 5.92 Å². The molecule has 2 N–H and O–H groups in total. The smallest absolute Gasteiger partial charge is 0.326 e. The van der Waals surface area contributed by atoms with E-state index in [4.69, 9.17) is 19.0 Å². The van der Waals surface area contributed by atoms with Gasteiger partial charge in [0, 0.05) is 19.4 Å². The second-order valence-electron chi connectivity index (χ2n) is 8.67. The Hall–Kier alpha value is -3.59. The van der Waals surface area contributed by atoms with Crippen molar-refractivity contribution in [3.8, 4) is 22.6 Å². The van der Waals surface area contributed by atoms with E-state index in [0.29, 0.717) is 11.5 Å². The van der Waals surface area contributed by atoms with E-state index in [2.05, 4.69) is 10.5 Å². The summed E-state index contributed by atoms with van der Waals surface area (Å²) in [5.74, 6) is -0.426. The quantitative estimate of drug-likeness (QED) is 0.359. The highest BCUT2D eigenvalue weighted by Gasteiger charge is 2.31. The molecular formula is C27H34N2O7. The van der Waals surface area contributed by atoms with Crippen LogP contribution >= 0.6 is 0 Å². The van der Waals surface area contributed by atoms with Crippen LogP contribution < -0.4 is 14.8 Å². The minimum Gasteiger partial charge on any atom is -0.496 e. The Morgan fingerprint density at radius 1 is 0.972 bits per heavy atom. The number of aliphatic carboxylic acids is 1. The zero-order valence-corrected chi connectivity index (χ0v) is 21.2. The Bertz CT molecular complexity index is 1040. The lowest BCUT2D eigenvalue weighted by Crippen LogP contribution is -2.47. The summed E-state index contributed by atoms with van der Waals surface area (Å²) < 4.78 is 16.4. The molecule has 0 bridgehead atoms. The highest BCUT2D eigenvalue weighted by Crippen LogP contribution is 2.38. The van der Waals surface area contributed by atoms with Gasteiger partial charge in [-0.05, 0) is 48.9 Å². The molecule has 0 saturated heterocycles. The van der Waals surface area contributed by atoms with Crippen LogP contribution in [0.2, 0.25) is 0 Å². The van der Waals surface area contributed by atoms with Crippen molar-refractivity contribution in [2.45, 2.75) is 44.2 Å². The highest BCUT2D eigenvalue weighted by atomic mass is 16.6. The van der Waals surface area contributed by atoms with Crippen molar-refractivity contribution in [3.05, 3.63) is 48.0 Å². The van der Waals surface area contributed by atoms with Gasteiger partial charge >= 0.3 is 5.97 Å². The second kappa shape index (κ2) is 12.9. The van der Waals surface area contributed by atoms with Crippen LogP contribution in [0.3, 0.4) is 0 Å². The molecule has 194 valence electrons. The third kappa shape index (κ3) is 6.54. The van der Waals surface area contributed by atoms with Crippen LogP contribution in [-0.4, -0.2) is 63.3 Å². The SMILES string of the molecule is CON=C(C(=O)N[C@@H](Cc1ccc(-c2c(OC)cccc2OC)cc1)C(=O)O)C1CCC(OC)CC1. The number of carboxylic acid groups (broad SMARTS) is 1. The molecule has 9 heteroatoms. The van der Waals surface area contributed by atoms with Crippen LogP contribution in [0.4, 0.5) is 0 Å². The van der Waals surface area contributed by atoms with E-state index in [1.165, 1.54) is 7.11 Å². The molecule has 0 heterocycles. The zero-order valence-electron chi connectivity index (χ0n) is 21.2. The topological polar surface area (TPSA) is 116 Å². The number of amides is 1. The van der Waals surface area contributed by atoms with Gasteiger partial charge in [0.15, 0.2) is 0 Å². The Morgan fingerprint density at radius 3 is 2.08 bits per heavy atom. The van der Waals surface area contributed by atoms with E-state index in [0.717, 1.165) is 42.4 Å². The van der Waals surface area contributed by atoms with Gasteiger partial charge in [0.2, 0.25) is 0 Å². The number of carbonyl (C=O) groups excluding carboxylic acids is 1. The first-order chi connectivity index (χ1) is 17.4. The lowest BCUT2D eigenvalue weighted by atomic mass is 9.84. The first kappa shape index (κ1) is 27.0. The summed E-state index contributed by atoms with van der Waals surface area (Å²) in [6.07, 6.45) is 3.34. The van der Waals surface area contributed by atoms with Crippen molar-refractivity contribution in [2.75, 3.05) is 28.4 Å². The summed E-state index contributed by atoms with van der Waals surface area (Å²) >= 11 is 0. The lowest BCUT2D eigenvalue weighted by molar-refractivity contribution is -0.141. The predicted octanol–water partition coefficient (Wildman–Crippen LogP) is 3.69. The zero-order chi connectivity index (χ0) is 26.1. The number of carbonyl (C=O) groups is 2.